The highest BCUT2D eigenvalue weighted by molar-refractivity contribution is 5.77. The third kappa shape index (κ3) is 4.79. The highest BCUT2D eigenvalue weighted by Crippen LogP contribution is 2.33. The minimum atomic E-state index is 0.992. The Morgan fingerprint density at radius 1 is 1.58 bits per heavy atom. The molecule has 0 radical (unpaired) electrons. The lowest BCUT2D eigenvalue weighted by Crippen LogP contribution is -1.76. The summed E-state index contributed by atoms with van der Waals surface area (Å²) in [7, 11) is 1.52. The fraction of sp³-hybridized carbons (Fsp3) is 0.700. The number of rotatable bonds is 4. The summed E-state index contributed by atoms with van der Waals surface area (Å²) in [5.74, 6) is 6.87. The van der Waals surface area contributed by atoms with Gasteiger partial charge in [-0.2, -0.15) is 0 Å². The van der Waals surface area contributed by atoms with Gasteiger partial charge in [0.05, 0.1) is 0 Å². The van der Waals surface area contributed by atoms with Crippen LogP contribution >= 0.6 is 0 Å². The summed E-state index contributed by atoms with van der Waals surface area (Å²) in [6, 6.07) is 0. The largest absolute Gasteiger partial charge is 0.399 e. The molecule has 0 unspecified atom stereocenters. The van der Waals surface area contributed by atoms with E-state index < -0.39 is 0 Å². The zero-order valence-electron chi connectivity index (χ0n) is 7.55. The van der Waals surface area contributed by atoms with Crippen molar-refractivity contribution < 1.29 is 4.84 Å². The SMILES string of the molecule is CON=CC#CCCCC1CC1. The van der Waals surface area contributed by atoms with Crippen LogP contribution in [0.15, 0.2) is 5.16 Å². The van der Waals surface area contributed by atoms with E-state index >= 15 is 0 Å². The van der Waals surface area contributed by atoms with E-state index in [1.54, 1.807) is 0 Å². The second kappa shape index (κ2) is 5.65. The molecule has 0 N–H and O–H groups in total. The normalized spacial score (nSPS) is 15.8. The first kappa shape index (κ1) is 9.12. The van der Waals surface area contributed by atoms with Gasteiger partial charge >= 0.3 is 0 Å². The number of unbranched alkanes of at least 4 members (excludes halogenated alkanes) is 1. The molecule has 0 aromatic heterocycles. The van der Waals surface area contributed by atoms with E-state index in [4.69, 9.17) is 0 Å². The van der Waals surface area contributed by atoms with E-state index in [0.29, 0.717) is 0 Å². The molecule has 1 aliphatic rings. The van der Waals surface area contributed by atoms with Crippen molar-refractivity contribution in [1.29, 1.82) is 0 Å². The van der Waals surface area contributed by atoms with Gasteiger partial charge in [0.25, 0.3) is 0 Å². The molecule has 66 valence electrons. The minimum Gasteiger partial charge on any atom is -0.399 e. The summed E-state index contributed by atoms with van der Waals surface area (Å²) in [6.07, 6.45) is 7.97. The van der Waals surface area contributed by atoms with E-state index in [2.05, 4.69) is 21.8 Å². The number of hydrogen-bond donors (Lipinski definition) is 0. The van der Waals surface area contributed by atoms with Crippen LogP contribution < -0.4 is 0 Å². The van der Waals surface area contributed by atoms with Gasteiger partial charge in [-0.1, -0.05) is 29.8 Å². The molecule has 0 aromatic carbocycles. The van der Waals surface area contributed by atoms with Crippen molar-refractivity contribution in [3.8, 4) is 11.8 Å². The highest BCUT2D eigenvalue weighted by atomic mass is 16.6. The fourth-order valence-electron chi connectivity index (χ4n) is 1.08. The summed E-state index contributed by atoms with van der Waals surface area (Å²) in [4.78, 5) is 4.46. The average molecular weight is 165 g/mol. The van der Waals surface area contributed by atoms with Crippen molar-refractivity contribution in [2.45, 2.75) is 32.1 Å². The van der Waals surface area contributed by atoms with Crippen LogP contribution in [0.5, 0.6) is 0 Å². The van der Waals surface area contributed by atoms with E-state index in [9.17, 15) is 0 Å². The van der Waals surface area contributed by atoms with Crippen molar-refractivity contribution in [3.05, 3.63) is 0 Å². The average Bonchev–Trinajstić information content (AvgIpc) is 2.87. The molecule has 0 atom stereocenters. The third-order valence-electron chi connectivity index (χ3n) is 1.94. The van der Waals surface area contributed by atoms with Crippen molar-refractivity contribution in [1.82, 2.24) is 0 Å². The Morgan fingerprint density at radius 3 is 3.08 bits per heavy atom. The Kier molecular flexibility index (Phi) is 4.30. The maximum Gasteiger partial charge on any atom is 0.116 e. The van der Waals surface area contributed by atoms with Gasteiger partial charge in [-0.3, -0.25) is 0 Å². The lowest BCUT2D eigenvalue weighted by molar-refractivity contribution is 0.216. The summed E-state index contributed by atoms with van der Waals surface area (Å²) < 4.78 is 0. The first-order valence-corrected chi connectivity index (χ1v) is 4.47. The maximum atomic E-state index is 4.46. The fourth-order valence-corrected chi connectivity index (χ4v) is 1.08. The molecule has 2 nitrogen and oxygen atoms in total. The van der Waals surface area contributed by atoms with Gasteiger partial charge in [0, 0.05) is 6.42 Å². The maximum absolute atomic E-state index is 4.46. The lowest BCUT2D eigenvalue weighted by Gasteiger charge is -1.89. The number of nitrogens with zero attached hydrogens (tertiary/aromatic N) is 1. The first-order chi connectivity index (χ1) is 5.93. The van der Waals surface area contributed by atoms with Gasteiger partial charge in [0.2, 0.25) is 0 Å². The summed E-state index contributed by atoms with van der Waals surface area (Å²) in [6.45, 7) is 0. The van der Waals surface area contributed by atoms with Gasteiger partial charge in [0.15, 0.2) is 0 Å². The molecule has 1 rings (SSSR count). The molecule has 12 heavy (non-hydrogen) atoms. The first-order valence-electron chi connectivity index (χ1n) is 4.47. The van der Waals surface area contributed by atoms with Crippen LogP contribution in [0.25, 0.3) is 0 Å². The molecule has 0 spiro atoms. The topological polar surface area (TPSA) is 21.6 Å². The van der Waals surface area contributed by atoms with Crippen LogP contribution in [-0.2, 0) is 4.84 Å². The molecule has 0 aliphatic heterocycles. The van der Waals surface area contributed by atoms with Crippen LogP contribution in [0.1, 0.15) is 32.1 Å². The molecule has 0 saturated heterocycles. The smallest absolute Gasteiger partial charge is 0.116 e. The van der Waals surface area contributed by atoms with Crippen LogP contribution in [0.3, 0.4) is 0 Å². The third-order valence-corrected chi connectivity index (χ3v) is 1.94. The van der Waals surface area contributed by atoms with Crippen LogP contribution in [-0.4, -0.2) is 13.3 Å². The van der Waals surface area contributed by atoms with E-state index in [1.807, 2.05) is 0 Å². The predicted molar refractivity (Wildman–Crippen MR) is 49.9 cm³/mol. The molecule has 0 bridgehead atoms. The van der Waals surface area contributed by atoms with Crippen molar-refractivity contribution in [3.63, 3.8) is 0 Å². The summed E-state index contributed by atoms with van der Waals surface area (Å²) in [5.41, 5.74) is 0. The predicted octanol–water partition coefficient (Wildman–Crippen LogP) is 2.20. The molecule has 0 aromatic rings. The Morgan fingerprint density at radius 2 is 2.42 bits per heavy atom. The van der Waals surface area contributed by atoms with Crippen molar-refractivity contribution in [2.24, 2.45) is 11.1 Å². The minimum absolute atomic E-state index is 0.992. The van der Waals surface area contributed by atoms with Gasteiger partial charge in [-0.15, -0.1) is 0 Å². The lowest BCUT2D eigenvalue weighted by atomic mass is 10.2. The van der Waals surface area contributed by atoms with Crippen molar-refractivity contribution in [2.75, 3.05) is 7.11 Å². The molecular weight excluding hydrogens is 150 g/mol. The highest BCUT2D eigenvalue weighted by Gasteiger charge is 2.19. The zero-order valence-corrected chi connectivity index (χ0v) is 7.55. The van der Waals surface area contributed by atoms with Gasteiger partial charge in [0.1, 0.15) is 13.3 Å². The zero-order chi connectivity index (χ0) is 8.65. The molecule has 0 heterocycles. The quantitative estimate of drug-likeness (QED) is 0.271. The standard InChI is InChI=1S/C10H15NO/c1-12-11-9-5-3-2-4-6-10-7-8-10/h9-10H,2,4,6-8H2,1H3. The second-order valence-corrected chi connectivity index (χ2v) is 3.07. The second-order valence-electron chi connectivity index (χ2n) is 3.07. The Labute approximate surface area is 74.0 Å². The molecular formula is C10H15NO. The van der Waals surface area contributed by atoms with Crippen molar-refractivity contribution >= 4 is 6.21 Å². The molecule has 1 fully saturated rings. The summed E-state index contributed by atoms with van der Waals surface area (Å²) in [5, 5.41) is 3.52. The van der Waals surface area contributed by atoms with Crippen LogP contribution in [0.4, 0.5) is 0 Å². The number of hydrogen-bond acceptors (Lipinski definition) is 2. The molecule has 1 aliphatic carbocycles. The molecule has 0 amide bonds. The van der Waals surface area contributed by atoms with E-state index in [1.165, 1.54) is 39.0 Å². The van der Waals surface area contributed by atoms with E-state index in [-0.39, 0.29) is 0 Å². The monoisotopic (exact) mass is 165 g/mol. The summed E-state index contributed by atoms with van der Waals surface area (Å²) >= 11 is 0. The van der Waals surface area contributed by atoms with E-state index in [0.717, 1.165) is 12.3 Å². The van der Waals surface area contributed by atoms with Gasteiger partial charge < -0.3 is 4.84 Å². The Balaban J connectivity index is 1.90. The van der Waals surface area contributed by atoms with Crippen LogP contribution in [0, 0.1) is 17.8 Å². The van der Waals surface area contributed by atoms with Gasteiger partial charge in [-0.25, -0.2) is 0 Å². The molecule has 1 saturated carbocycles. The van der Waals surface area contributed by atoms with Crippen LogP contribution in [0.2, 0.25) is 0 Å². The Hall–Kier alpha value is -0.970. The van der Waals surface area contributed by atoms with Gasteiger partial charge in [-0.05, 0) is 18.8 Å². The Bertz CT molecular complexity index is 196. The number of oxime groups is 1. The molecule has 2 heteroatoms.